The summed E-state index contributed by atoms with van der Waals surface area (Å²) in [5.74, 6) is 1.28. The molecule has 128 valence electrons. The molecule has 0 saturated carbocycles. The smallest absolute Gasteiger partial charge is 0.317 e. The fourth-order valence-corrected chi connectivity index (χ4v) is 2.36. The van der Waals surface area contributed by atoms with Crippen LogP contribution in [0.5, 0.6) is 0 Å². The number of anilines is 1. The topological polar surface area (TPSA) is 70.6 Å². The largest absolute Gasteiger partial charge is 0.381 e. The molecule has 2 rings (SSSR count). The van der Waals surface area contributed by atoms with E-state index in [1.54, 1.807) is 18.5 Å². The van der Waals surface area contributed by atoms with E-state index in [9.17, 15) is 4.79 Å². The van der Waals surface area contributed by atoms with Crippen LogP contribution < -0.4 is 10.2 Å². The first-order valence-corrected chi connectivity index (χ1v) is 8.29. The lowest BCUT2D eigenvalue weighted by molar-refractivity contribution is 0.107. The number of carbonyl (C=O) groups is 1. The molecule has 2 amide bonds. The van der Waals surface area contributed by atoms with Gasteiger partial charge in [0.25, 0.3) is 0 Å². The summed E-state index contributed by atoms with van der Waals surface area (Å²) < 4.78 is 5.50. The molecule has 1 aromatic rings. The molecule has 0 aliphatic carbocycles. The molecule has 7 nitrogen and oxygen atoms in total. The average Bonchev–Trinajstić information content (AvgIpc) is 2.58. The van der Waals surface area contributed by atoms with E-state index in [4.69, 9.17) is 4.74 Å². The third-order valence-corrected chi connectivity index (χ3v) is 3.59. The second kappa shape index (κ2) is 9.29. The van der Waals surface area contributed by atoms with Crippen LogP contribution in [-0.2, 0) is 4.74 Å². The lowest BCUT2D eigenvalue weighted by Gasteiger charge is -2.34. The second-order valence-corrected chi connectivity index (χ2v) is 6.08. The van der Waals surface area contributed by atoms with Crippen molar-refractivity contribution in [1.29, 1.82) is 0 Å². The molecule has 1 aromatic heterocycles. The van der Waals surface area contributed by atoms with Gasteiger partial charge in [0.05, 0.1) is 0 Å². The summed E-state index contributed by atoms with van der Waals surface area (Å²) in [5.41, 5.74) is 0. The Morgan fingerprint density at radius 1 is 1.26 bits per heavy atom. The minimum atomic E-state index is 0.00231. The van der Waals surface area contributed by atoms with Gasteiger partial charge in [-0.25, -0.2) is 14.8 Å². The molecule has 2 heterocycles. The van der Waals surface area contributed by atoms with Crippen molar-refractivity contribution >= 4 is 12.0 Å². The summed E-state index contributed by atoms with van der Waals surface area (Å²) in [6.07, 6.45) is 4.32. The van der Waals surface area contributed by atoms with Crippen molar-refractivity contribution in [3.63, 3.8) is 0 Å². The molecule has 1 N–H and O–H groups in total. The van der Waals surface area contributed by atoms with E-state index in [1.165, 1.54) is 0 Å². The van der Waals surface area contributed by atoms with Crippen LogP contribution in [0.3, 0.4) is 0 Å². The molecule has 0 atom stereocenters. The first-order chi connectivity index (χ1) is 11.2. The third-order valence-electron chi connectivity index (χ3n) is 3.59. The lowest BCUT2D eigenvalue weighted by Crippen LogP contribution is -2.52. The summed E-state index contributed by atoms with van der Waals surface area (Å²) in [6, 6.07) is 1.81. The molecule has 1 aliphatic rings. The van der Waals surface area contributed by atoms with Crippen molar-refractivity contribution in [2.75, 3.05) is 50.8 Å². The van der Waals surface area contributed by atoms with Gasteiger partial charge in [-0.2, -0.15) is 0 Å². The Bertz CT molecular complexity index is 461. The molecule has 0 aromatic carbocycles. The number of nitrogens with zero attached hydrogens (tertiary/aromatic N) is 4. The van der Waals surface area contributed by atoms with E-state index in [0.717, 1.165) is 32.1 Å². The average molecular weight is 321 g/mol. The molecular weight excluding hydrogens is 294 g/mol. The maximum atomic E-state index is 12.1. The number of piperazine rings is 1. The first-order valence-electron chi connectivity index (χ1n) is 8.29. The summed E-state index contributed by atoms with van der Waals surface area (Å²) in [7, 11) is 0. The van der Waals surface area contributed by atoms with Crippen molar-refractivity contribution in [3.8, 4) is 0 Å². The van der Waals surface area contributed by atoms with E-state index in [0.29, 0.717) is 32.2 Å². The van der Waals surface area contributed by atoms with Gasteiger partial charge in [0, 0.05) is 58.3 Å². The van der Waals surface area contributed by atoms with Gasteiger partial charge in [-0.1, -0.05) is 13.8 Å². The number of aromatic nitrogens is 2. The highest BCUT2D eigenvalue weighted by molar-refractivity contribution is 5.74. The molecule has 0 unspecified atom stereocenters. The van der Waals surface area contributed by atoms with Crippen molar-refractivity contribution in [3.05, 3.63) is 18.5 Å². The number of nitrogens with one attached hydrogen (secondary N) is 1. The van der Waals surface area contributed by atoms with Gasteiger partial charge in [-0.3, -0.25) is 0 Å². The standard InChI is InChI=1S/C16H27N5O2/c1-14(2)13-23-12-4-7-19-16(22)21-10-8-20(9-11-21)15-17-5-3-6-18-15/h3,5-6,14H,4,7-13H2,1-2H3,(H,19,22). The van der Waals surface area contributed by atoms with Crippen molar-refractivity contribution in [1.82, 2.24) is 20.2 Å². The van der Waals surface area contributed by atoms with Crippen LogP contribution in [0.4, 0.5) is 10.7 Å². The Morgan fingerprint density at radius 2 is 1.96 bits per heavy atom. The van der Waals surface area contributed by atoms with Crippen LogP contribution >= 0.6 is 0 Å². The summed E-state index contributed by atoms with van der Waals surface area (Å²) in [4.78, 5) is 24.5. The van der Waals surface area contributed by atoms with Crippen LogP contribution in [0, 0.1) is 5.92 Å². The van der Waals surface area contributed by atoms with E-state index in [-0.39, 0.29) is 6.03 Å². The Labute approximate surface area is 138 Å². The van der Waals surface area contributed by atoms with E-state index >= 15 is 0 Å². The van der Waals surface area contributed by atoms with Gasteiger partial charge >= 0.3 is 6.03 Å². The van der Waals surface area contributed by atoms with Crippen molar-refractivity contribution < 1.29 is 9.53 Å². The number of carbonyl (C=O) groups excluding carboxylic acids is 1. The van der Waals surface area contributed by atoms with Crippen LogP contribution in [0.25, 0.3) is 0 Å². The van der Waals surface area contributed by atoms with Crippen LogP contribution in [-0.4, -0.2) is 66.8 Å². The monoisotopic (exact) mass is 321 g/mol. The zero-order valence-electron chi connectivity index (χ0n) is 14.1. The molecule has 1 saturated heterocycles. The zero-order chi connectivity index (χ0) is 16.5. The first kappa shape index (κ1) is 17.5. The quantitative estimate of drug-likeness (QED) is 0.768. The molecule has 0 radical (unpaired) electrons. The molecule has 1 aliphatic heterocycles. The maximum Gasteiger partial charge on any atom is 0.317 e. The highest BCUT2D eigenvalue weighted by atomic mass is 16.5. The number of amides is 2. The van der Waals surface area contributed by atoms with Crippen LogP contribution in [0.2, 0.25) is 0 Å². The predicted octanol–water partition coefficient (Wildman–Crippen LogP) is 1.37. The van der Waals surface area contributed by atoms with Gasteiger partial charge in [-0.15, -0.1) is 0 Å². The Morgan fingerprint density at radius 3 is 2.61 bits per heavy atom. The second-order valence-electron chi connectivity index (χ2n) is 6.08. The SMILES string of the molecule is CC(C)COCCCNC(=O)N1CCN(c2ncccn2)CC1. The Balaban J connectivity index is 1.60. The summed E-state index contributed by atoms with van der Waals surface area (Å²) in [6.45, 7) is 9.27. The number of ether oxygens (including phenoxy) is 1. The molecule has 1 fully saturated rings. The van der Waals surface area contributed by atoms with E-state index in [2.05, 4.69) is 34.0 Å². The van der Waals surface area contributed by atoms with Gasteiger partial charge in [-0.05, 0) is 18.4 Å². The molecule has 7 heteroatoms. The van der Waals surface area contributed by atoms with Gasteiger partial charge in [0.2, 0.25) is 5.95 Å². The minimum absolute atomic E-state index is 0.00231. The summed E-state index contributed by atoms with van der Waals surface area (Å²) >= 11 is 0. The predicted molar refractivity (Wildman–Crippen MR) is 89.5 cm³/mol. The molecule has 23 heavy (non-hydrogen) atoms. The fraction of sp³-hybridized carbons (Fsp3) is 0.688. The fourth-order valence-electron chi connectivity index (χ4n) is 2.36. The van der Waals surface area contributed by atoms with E-state index in [1.807, 2.05) is 4.90 Å². The van der Waals surface area contributed by atoms with E-state index < -0.39 is 0 Å². The maximum absolute atomic E-state index is 12.1. The highest BCUT2D eigenvalue weighted by Crippen LogP contribution is 2.09. The molecule has 0 spiro atoms. The normalized spacial score (nSPS) is 15.1. The minimum Gasteiger partial charge on any atom is -0.381 e. The highest BCUT2D eigenvalue weighted by Gasteiger charge is 2.21. The number of urea groups is 1. The zero-order valence-corrected chi connectivity index (χ0v) is 14.1. The number of hydrogen-bond donors (Lipinski definition) is 1. The van der Waals surface area contributed by atoms with Gasteiger partial charge < -0.3 is 19.9 Å². The molecule has 0 bridgehead atoms. The Hall–Kier alpha value is -1.89. The number of hydrogen-bond acceptors (Lipinski definition) is 5. The number of rotatable bonds is 7. The summed E-state index contributed by atoms with van der Waals surface area (Å²) in [5, 5.41) is 2.95. The van der Waals surface area contributed by atoms with Crippen molar-refractivity contribution in [2.24, 2.45) is 5.92 Å². The van der Waals surface area contributed by atoms with Gasteiger partial charge in [0.1, 0.15) is 0 Å². The molecular formula is C16H27N5O2. The van der Waals surface area contributed by atoms with Gasteiger partial charge in [0.15, 0.2) is 0 Å². The van der Waals surface area contributed by atoms with Crippen LogP contribution in [0.15, 0.2) is 18.5 Å². The third kappa shape index (κ3) is 6.02. The Kier molecular flexibility index (Phi) is 7.06. The lowest BCUT2D eigenvalue weighted by atomic mass is 10.2. The van der Waals surface area contributed by atoms with Crippen molar-refractivity contribution in [2.45, 2.75) is 20.3 Å². The van der Waals surface area contributed by atoms with Crippen LogP contribution in [0.1, 0.15) is 20.3 Å².